The zero-order valence-corrected chi connectivity index (χ0v) is 9.13. The average molecular weight is 235 g/mol. The van der Waals surface area contributed by atoms with Crippen molar-refractivity contribution in [2.45, 2.75) is 6.92 Å². The van der Waals surface area contributed by atoms with Crippen LogP contribution < -0.4 is 0 Å². The molecule has 0 N–H and O–H groups in total. The van der Waals surface area contributed by atoms with Gasteiger partial charge < -0.3 is 0 Å². The van der Waals surface area contributed by atoms with Crippen LogP contribution in [0.3, 0.4) is 0 Å². The molecule has 3 aromatic rings. The van der Waals surface area contributed by atoms with Gasteiger partial charge in [0.15, 0.2) is 5.82 Å². The first-order valence-electron chi connectivity index (χ1n) is 4.63. The summed E-state index contributed by atoms with van der Waals surface area (Å²) < 4.78 is 3.29. The van der Waals surface area contributed by atoms with E-state index in [2.05, 4.69) is 20.2 Å². The minimum atomic E-state index is 0.408. The lowest BCUT2D eigenvalue weighted by Crippen LogP contribution is -2.08. The van der Waals surface area contributed by atoms with Gasteiger partial charge in [-0.25, -0.2) is 4.68 Å². The third-order valence-electron chi connectivity index (χ3n) is 2.29. The smallest absolute Gasteiger partial charge is 0.222 e. The highest BCUT2D eigenvalue weighted by Gasteiger charge is 2.13. The van der Waals surface area contributed by atoms with Gasteiger partial charge in [0.25, 0.3) is 5.78 Å². The first kappa shape index (κ1) is 9.29. The van der Waals surface area contributed by atoms with E-state index in [1.165, 1.54) is 6.33 Å². The van der Waals surface area contributed by atoms with Crippen molar-refractivity contribution >= 4 is 17.4 Å². The summed E-state index contributed by atoms with van der Waals surface area (Å²) >= 11 is 6.03. The van der Waals surface area contributed by atoms with E-state index in [0.717, 1.165) is 11.4 Å². The van der Waals surface area contributed by atoms with E-state index in [9.17, 15) is 0 Å². The van der Waals surface area contributed by atoms with Crippen LogP contribution in [0.15, 0.2) is 24.8 Å². The minimum Gasteiger partial charge on any atom is -0.222 e. The van der Waals surface area contributed by atoms with Crippen molar-refractivity contribution in [3.8, 4) is 5.82 Å². The molecular weight excluding hydrogens is 228 g/mol. The van der Waals surface area contributed by atoms with Gasteiger partial charge in [0.1, 0.15) is 11.5 Å². The molecule has 16 heavy (non-hydrogen) atoms. The quantitative estimate of drug-likeness (QED) is 0.595. The summed E-state index contributed by atoms with van der Waals surface area (Å²) in [5, 5.41) is 8.67. The molecule has 0 aromatic carbocycles. The first-order valence-corrected chi connectivity index (χ1v) is 5.01. The fourth-order valence-electron chi connectivity index (χ4n) is 1.55. The van der Waals surface area contributed by atoms with Crippen LogP contribution in [0.1, 0.15) is 5.56 Å². The molecule has 3 heterocycles. The van der Waals surface area contributed by atoms with Crippen LogP contribution in [0.5, 0.6) is 0 Å². The van der Waals surface area contributed by atoms with Crippen LogP contribution >= 0.6 is 11.6 Å². The van der Waals surface area contributed by atoms with Gasteiger partial charge in [-0.2, -0.15) is 24.7 Å². The molecule has 0 radical (unpaired) electrons. The predicted octanol–water partition coefficient (Wildman–Crippen LogP) is 1.27. The van der Waals surface area contributed by atoms with Crippen molar-refractivity contribution < 1.29 is 0 Å². The second kappa shape index (κ2) is 3.28. The molecule has 3 rings (SSSR count). The maximum absolute atomic E-state index is 6.03. The summed E-state index contributed by atoms with van der Waals surface area (Å²) in [6, 6.07) is 1.83. The molecular formula is C9H7ClN6. The number of rotatable bonds is 1. The Bertz CT molecular complexity index is 641. The monoisotopic (exact) mass is 234 g/mol. The molecule has 0 aliphatic rings. The maximum atomic E-state index is 6.03. The summed E-state index contributed by atoms with van der Waals surface area (Å²) in [6.07, 6.45) is 4.95. The summed E-state index contributed by atoms with van der Waals surface area (Å²) in [5.41, 5.74) is 0.809. The zero-order chi connectivity index (χ0) is 11.1. The van der Waals surface area contributed by atoms with Crippen molar-refractivity contribution in [1.29, 1.82) is 0 Å². The lowest BCUT2D eigenvalue weighted by Gasteiger charge is -2.08. The van der Waals surface area contributed by atoms with Gasteiger partial charge >= 0.3 is 0 Å². The molecule has 80 valence electrons. The van der Waals surface area contributed by atoms with Gasteiger partial charge in [-0.3, -0.25) is 0 Å². The van der Waals surface area contributed by atoms with Crippen LogP contribution in [-0.4, -0.2) is 29.4 Å². The Balaban J connectivity index is 2.45. The Kier molecular flexibility index (Phi) is 1.90. The van der Waals surface area contributed by atoms with Crippen molar-refractivity contribution in [1.82, 2.24) is 29.4 Å². The molecule has 0 bridgehead atoms. The molecule has 0 aliphatic carbocycles. The predicted molar refractivity (Wildman–Crippen MR) is 57.7 cm³/mol. The van der Waals surface area contributed by atoms with Gasteiger partial charge in [-0.15, -0.1) is 0 Å². The van der Waals surface area contributed by atoms with Crippen molar-refractivity contribution in [2.75, 3.05) is 0 Å². The molecule has 0 amide bonds. The molecule has 7 heteroatoms. The molecule has 0 atom stereocenters. The largest absolute Gasteiger partial charge is 0.255 e. The second-order valence-electron chi connectivity index (χ2n) is 3.27. The fourth-order valence-corrected chi connectivity index (χ4v) is 1.71. The van der Waals surface area contributed by atoms with Gasteiger partial charge in [0.05, 0.1) is 0 Å². The molecule has 0 aliphatic heterocycles. The molecule has 3 aromatic heterocycles. The van der Waals surface area contributed by atoms with E-state index in [4.69, 9.17) is 11.6 Å². The minimum absolute atomic E-state index is 0.408. The van der Waals surface area contributed by atoms with Crippen LogP contribution in [0.2, 0.25) is 5.15 Å². The number of hydrogen-bond acceptors (Lipinski definition) is 4. The van der Waals surface area contributed by atoms with E-state index in [1.807, 2.05) is 19.2 Å². The molecule has 0 saturated carbocycles. The molecule has 6 nitrogen and oxygen atoms in total. The van der Waals surface area contributed by atoms with Crippen molar-refractivity contribution in [3.05, 3.63) is 35.5 Å². The van der Waals surface area contributed by atoms with Crippen LogP contribution in [0.4, 0.5) is 0 Å². The molecule has 0 fully saturated rings. The van der Waals surface area contributed by atoms with Crippen molar-refractivity contribution in [2.24, 2.45) is 0 Å². The Hall–Kier alpha value is -1.95. The second-order valence-corrected chi connectivity index (χ2v) is 3.63. The summed E-state index contributed by atoms with van der Waals surface area (Å²) in [6.45, 7) is 1.87. The third-order valence-corrected chi connectivity index (χ3v) is 2.66. The Morgan fingerprint density at radius 3 is 2.94 bits per heavy atom. The van der Waals surface area contributed by atoms with Crippen LogP contribution in [0, 0.1) is 6.92 Å². The van der Waals surface area contributed by atoms with Crippen LogP contribution in [-0.2, 0) is 0 Å². The standard InChI is InChI=1S/C9H7ClN6/c1-6-7(10)14-9-11-5-13-16(9)8(6)15-4-2-3-12-15/h2-5H,1H3. The van der Waals surface area contributed by atoms with E-state index in [-0.39, 0.29) is 0 Å². The highest BCUT2D eigenvalue weighted by molar-refractivity contribution is 6.30. The Morgan fingerprint density at radius 1 is 1.31 bits per heavy atom. The van der Waals surface area contributed by atoms with E-state index in [1.54, 1.807) is 15.4 Å². The SMILES string of the molecule is Cc1c(Cl)nc2ncnn2c1-n1cccn1. The molecule has 0 saturated heterocycles. The van der Waals surface area contributed by atoms with E-state index in [0.29, 0.717) is 10.9 Å². The van der Waals surface area contributed by atoms with Gasteiger partial charge in [-0.1, -0.05) is 11.6 Å². The van der Waals surface area contributed by atoms with E-state index >= 15 is 0 Å². The number of aromatic nitrogens is 6. The van der Waals surface area contributed by atoms with Crippen LogP contribution in [0.25, 0.3) is 11.6 Å². The number of nitrogens with zero attached hydrogens (tertiary/aromatic N) is 6. The summed E-state index contributed by atoms with van der Waals surface area (Å²) in [7, 11) is 0. The lowest BCUT2D eigenvalue weighted by molar-refractivity contribution is 0.772. The normalized spacial score (nSPS) is 11.1. The van der Waals surface area contributed by atoms with Gasteiger partial charge in [0.2, 0.25) is 0 Å². The lowest BCUT2D eigenvalue weighted by atomic mass is 10.3. The Morgan fingerprint density at radius 2 is 2.19 bits per heavy atom. The molecule has 0 spiro atoms. The highest BCUT2D eigenvalue weighted by Crippen LogP contribution is 2.20. The van der Waals surface area contributed by atoms with Gasteiger partial charge in [0, 0.05) is 18.0 Å². The van der Waals surface area contributed by atoms with E-state index < -0.39 is 0 Å². The van der Waals surface area contributed by atoms with Gasteiger partial charge in [-0.05, 0) is 13.0 Å². The third kappa shape index (κ3) is 1.20. The summed E-state index contributed by atoms with van der Waals surface area (Å²) in [4.78, 5) is 8.13. The average Bonchev–Trinajstić information content (AvgIpc) is 2.89. The maximum Gasteiger partial charge on any atom is 0.255 e. The topological polar surface area (TPSA) is 60.9 Å². The highest BCUT2D eigenvalue weighted by atomic mass is 35.5. The van der Waals surface area contributed by atoms with Crippen molar-refractivity contribution in [3.63, 3.8) is 0 Å². The Labute approximate surface area is 95.5 Å². The molecule has 0 unspecified atom stereocenters. The summed E-state index contributed by atoms with van der Waals surface area (Å²) in [5.74, 6) is 1.21. The number of halogens is 1. The zero-order valence-electron chi connectivity index (χ0n) is 8.37. The fraction of sp³-hybridized carbons (Fsp3) is 0.111. The first-order chi connectivity index (χ1) is 7.77. The number of hydrogen-bond donors (Lipinski definition) is 0. The number of fused-ring (bicyclic) bond motifs is 1.